The van der Waals surface area contributed by atoms with Gasteiger partial charge in [0.15, 0.2) is 17.3 Å². The van der Waals surface area contributed by atoms with Crippen LogP contribution in [-0.4, -0.2) is 25.0 Å². The van der Waals surface area contributed by atoms with Gasteiger partial charge in [-0.05, 0) is 32.4 Å². The van der Waals surface area contributed by atoms with Gasteiger partial charge in [0.25, 0.3) is 0 Å². The average molecular weight is 434 g/mol. The van der Waals surface area contributed by atoms with Crippen LogP contribution in [0.5, 0.6) is 11.5 Å². The van der Waals surface area contributed by atoms with Crippen molar-refractivity contribution >= 4 is 28.4 Å². The van der Waals surface area contributed by atoms with Gasteiger partial charge in [0.1, 0.15) is 16.6 Å². The van der Waals surface area contributed by atoms with Crippen LogP contribution in [0.4, 0.5) is 5.69 Å². The van der Waals surface area contributed by atoms with Gasteiger partial charge in [0.2, 0.25) is 0 Å². The summed E-state index contributed by atoms with van der Waals surface area (Å²) in [5, 5.41) is 15.3. The summed E-state index contributed by atoms with van der Waals surface area (Å²) in [4.78, 5) is 16.8. The molecule has 3 rings (SSSR count). The quantitative estimate of drug-likeness (QED) is 0.384. The largest absolute Gasteiger partial charge is 0.493 e. The second-order valence-corrected chi connectivity index (χ2v) is 7.84. The number of allylic oxidation sites excluding steroid dienone is 1. The van der Waals surface area contributed by atoms with Gasteiger partial charge in [0, 0.05) is 28.8 Å². The smallest absolute Gasteiger partial charge is 0.162 e. The lowest BCUT2D eigenvalue weighted by atomic mass is 10.0. The molecule has 0 aliphatic carbocycles. The number of nitriles is 1. The fourth-order valence-corrected chi connectivity index (χ4v) is 3.99. The number of carbonyl (C=O) groups excluding carboxylic acids is 1. The minimum absolute atomic E-state index is 0.137. The number of thiazole rings is 1. The second-order valence-electron chi connectivity index (χ2n) is 6.98. The molecule has 0 bridgehead atoms. The molecule has 3 aromatic rings. The summed E-state index contributed by atoms with van der Waals surface area (Å²) in [5.74, 6) is 0.802. The SMILES string of the molecule is COc1cc(N/C=C(\C#N)c2nc(-c3ccc(C)cc3C)cs2)c(C(C)=O)cc1OC. The van der Waals surface area contributed by atoms with Crippen LogP contribution in [0, 0.1) is 25.2 Å². The molecule has 0 aliphatic heterocycles. The number of nitrogens with one attached hydrogen (secondary N) is 1. The van der Waals surface area contributed by atoms with E-state index in [0.717, 1.165) is 16.8 Å². The van der Waals surface area contributed by atoms with Crippen LogP contribution < -0.4 is 14.8 Å². The Morgan fingerprint density at radius 1 is 1.16 bits per heavy atom. The standard InChI is InChI=1S/C24H23N3O3S/c1-14-6-7-18(15(2)8-14)21-13-31-24(27-21)17(11-25)12-26-20-10-23(30-5)22(29-4)9-19(20)16(3)28/h6-10,12-13,26H,1-5H3/b17-12+. The minimum atomic E-state index is -0.137. The molecule has 1 heterocycles. The van der Waals surface area contributed by atoms with E-state index in [4.69, 9.17) is 9.47 Å². The third-order valence-corrected chi connectivity index (χ3v) is 5.66. The van der Waals surface area contributed by atoms with Crippen LogP contribution in [0.3, 0.4) is 0 Å². The Bertz CT molecular complexity index is 1210. The monoisotopic (exact) mass is 433 g/mol. The number of hydrogen-bond acceptors (Lipinski definition) is 7. The van der Waals surface area contributed by atoms with E-state index in [1.807, 2.05) is 24.4 Å². The van der Waals surface area contributed by atoms with Gasteiger partial charge in [-0.2, -0.15) is 5.26 Å². The summed E-state index contributed by atoms with van der Waals surface area (Å²) >= 11 is 1.40. The van der Waals surface area contributed by atoms with E-state index in [0.29, 0.717) is 33.3 Å². The van der Waals surface area contributed by atoms with Crippen LogP contribution in [0.15, 0.2) is 41.9 Å². The molecule has 0 fully saturated rings. The Kier molecular flexibility index (Phi) is 6.73. The second kappa shape index (κ2) is 9.45. The van der Waals surface area contributed by atoms with E-state index in [1.54, 1.807) is 18.3 Å². The third kappa shape index (κ3) is 4.76. The molecule has 0 aliphatic rings. The zero-order chi connectivity index (χ0) is 22.5. The molecule has 0 saturated heterocycles. The lowest BCUT2D eigenvalue weighted by Crippen LogP contribution is -2.03. The topological polar surface area (TPSA) is 84.2 Å². The minimum Gasteiger partial charge on any atom is -0.493 e. The molecular formula is C24H23N3O3S. The van der Waals surface area contributed by atoms with E-state index in [-0.39, 0.29) is 5.78 Å². The number of anilines is 1. The zero-order valence-corrected chi connectivity index (χ0v) is 18.9. The fourth-order valence-electron chi connectivity index (χ4n) is 3.20. The van der Waals surface area contributed by atoms with Crippen LogP contribution in [0.25, 0.3) is 16.8 Å². The van der Waals surface area contributed by atoms with Gasteiger partial charge in [0.05, 0.1) is 25.6 Å². The fraction of sp³-hybridized carbons (Fsp3) is 0.208. The molecule has 0 atom stereocenters. The number of Topliss-reactive ketones (excluding diaryl/α,β-unsaturated/α-hetero) is 1. The first-order valence-electron chi connectivity index (χ1n) is 9.55. The maximum atomic E-state index is 12.1. The van der Waals surface area contributed by atoms with Crippen LogP contribution in [0.2, 0.25) is 0 Å². The van der Waals surface area contributed by atoms with Gasteiger partial charge < -0.3 is 14.8 Å². The van der Waals surface area contributed by atoms with Crippen LogP contribution >= 0.6 is 11.3 Å². The van der Waals surface area contributed by atoms with Crippen molar-refractivity contribution in [3.8, 4) is 28.8 Å². The number of nitrogens with zero attached hydrogens (tertiary/aromatic N) is 2. The highest BCUT2D eigenvalue weighted by atomic mass is 32.1. The predicted octanol–water partition coefficient (Wildman–Crippen LogP) is 5.62. The average Bonchev–Trinajstić information content (AvgIpc) is 3.23. The first kappa shape index (κ1) is 22.1. The van der Waals surface area contributed by atoms with Crippen molar-refractivity contribution in [3.63, 3.8) is 0 Å². The number of ether oxygens (including phenoxy) is 2. The van der Waals surface area contributed by atoms with Crippen LogP contribution in [-0.2, 0) is 0 Å². The molecule has 0 spiro atoms. The van der Waals surface area contributed by atoms with Crippen molar-refractivity contribution in [2.24, 2.45) is 0 Å². The number of ketones is 1. The summed E-state index contributed by atoms with van der Waals surface area (Å²) in [7, 11) is 3.04. The third-order valence-electron chi connectivity index (χ3n) is 4.79. The molecule has 0 saturated carbocycles. The Hall–Kier alpha value is -3.63. The van der Waals surface area contributed by atoms with E-state index < -0.39 is 0 Å². The Morgan fingerprint density at radius 3 is 2.48 bits per heavy atom. The molecule has 0 unspecified atom stereocenters. The number of benzene rings is 2. The lowest BCUT2D eigenvalue weighted by Gasteiger charge is -2.13. The van der Waals surface area contributed by atoms with Gasteiger partial charge in [-0.25, -0.2) is 4.98 Å². The molecule has 31 heavy (non-hydrogen) atoms. The summed E-state index contributed by atoms with van der Waals surface area (Å²) in [6.45, 7) is 5.57. The Balaban J connectivity index is 1.94. The first-order valence-corrected chi connectivity index (χ1v) is 10.4. The predicted molar refractivity (Wildman–Crippen MR) is 124 cm³/mol. The summed E-state index contributed by atoms with van der Waals surface area (Å²) in [6, 6.07) is 11.7. The highest BCUT2D eigenvalue weighted by Gasteiger charge is 2.15. The van der Waals surface area contributed by atoms with Gasteiger partial charge >= 0.3 is 0 Å². The number of aromatic nitrogens is 1. The summed E-state index contributed by atoms with van der Waals surface area (Å²) in [6.07, 6.45) is 1.55. The molecule has 7 heteroatoms. The number of methoxy groups -OCH3 is 2. The molecule has 0 amide bonds. The molecule has 1 N–H and O–H groups in total. The van der Waals surface area contributed by atoms with Crippen molar-refractivity contribution < 1.29 is 14.3 Å². The molecular weight excluding hydrogens is 410 g/mol. The van der Waals surface area contributed by atoms with E-state index in [2.05, 4.69) is 29.4 Å². The van der Waals surface area contributed by atoms with Gasteiger partial charge in [-0.1, -0.05) is 23.8 Å². The molecule has 0 radical (unpaired) electrons. The van der Waals surface area contributed by atoms with E-state index in [1.165, 1.54) is 38.0 Å². The van der Waals surface area contributed by atoms with E-state index >= 15 is 0 Å². The molecule has 6 nitrogen and oxygen atoms in total. The maximum Gasteiger partial charge on any atom is 0.162 e. The van der Waals surface area contributed by atoms with E-state index in [9.17, 15) is 10.1 Å². The number of carbonyl (C=O) groups is 1. The normalized spacial score (nSPS) is 11.0. The van der Waals surface area contributed by atoms with Crippen molar-refractivity contribution in [1.82, 2.24) is 4.98 Å². The number of hydrogen-bond donors (Lipinski definition) is 1. The van der Waals surface area contributed by atoms with Gasteiger partial charge in [-0.15, -0.1) is 11.3 Å². The van der Waals surface area contributed by atoms with Crippen molar-refractivity contribution in [2.75, 3.05) is 19.5 Å². The van der Waals surface area contributed by atoms with Crippen LogP contribution in [0.1, 0.15) is 33.4 Å². The number of rotatable bonds is 7. The van der Waals surface area contributed by atoms with Crippen molar-refractivity contribution in [2.45, 2.75) is 20.8 Å². The highest BCUT2D eigenvalue weighted by Crippen LogP contribution is 2.34. The van der Waals surface area contributed by atoms with Gasteiger partial charge in [-0.3, -0.25) is 4.79 Å². The lowest BCUT2D eigenvalue weighted by molar-refractivity contribution is 0.101. The maximum absolute atomic E-state index is 12.1. The van der Waals surface area contributed by atoms with Crippen molar-refractivity contribution in [1.29, 1.82) is 5.26 Å². The Morgan fingerprint density at radius 2 is 1.87 bits per heavy atom. The molecule has 2 aromatic carbocycles. The zero-order valence-electron chi connectivity index (χ0n) is 18.1. The first-order chi connectivity index (χ1) is 14.9. The molecule has 1 aromatic heterocycles. The van der Waals surface area contributed by atoms with Crippen molar-refractivity contribution in [3.05, 3.63) is 63.6 Å². The summed E-state index contributed by atoms with van der Waals surface area (Å²) < 4.78 is 10.6. The molecule has 158 valence electrons. The summed E-state index contributed by atoms with van der Waals surface area (Å²) in [5.41, 5.74) is 5.51. The highest BCUT2D eigenvalue weighted by molar-refractivity contribution is 7.11. The number of aryl methyl sites for hydroxylation is 2. The Labute approximate surface area is 185 Å².